The Kier molecular flexibility index (Phi) is 9.79. The van der Waals surface area contributed by atoms with Crippen molar-refractivity contribution in [3.63, 3.8) is 0 Å². The van der Waals surface area contributed by atoms with Gasteiger partial charge in [-0.25, -0.2) is 0 Å². The number of aliphatic hydroxyl groups is 5. The third-order valence-corrected chi connectivity index (χ3v) is 14.3. The molecule has 0 bridgehead atoms. The van der Waals surface area contributed by atoms with E-state index in [1.807, 2.05) is 0 Å². The maximum Gasteiger partial charge on any atom is 0.306 e. The van der Waals surface area contributed by atoms with E-state index in [0.29, 0.717) is 31.6 Å². The molecule has 5 rings (SSSR count). The highest BCUT2D eigenvalue weighted by molar-refractivity contribution is 5.71. The highest BCUT2D eigenvalue weighted by atomic mass is 16.7. The fourth-order valence-corrected chi connectivity index (χ4v) is 10.9. The molecule has 46 heavy (non-hydrogen) atoms. The van der Waals surface area contributed by atoms with E-state index in [0.717, 1.165) is 37.7 Å². The Labute approximate surface area is 275 Å². The minimum atomic E-state index is -1.55. The molecule has 0 radical (unpaired) electrons. The van der Waals surface area contributed by atoms with Gasteiger partial charge < -0.3 is 40.1 Å². The third-order valence-electron chi connectivity index (χ3n) is 14.3. The average Bonchev–Trinajstić information content (AvgIpc) is 3.26. The van der Waals surface area contributed by atoms with Gasteiger partial charge in [-0.1, -0.05) is 66.2 Å². The highest BCUT2D eigenvalue weighted by Gasteiger charge is 2.66. The smallest absolute Gasteiger partial charge is 0.306 e. The third kappa shape index (κ3) is 5.44. The molecule has 13 atom stereocenters. The summed E-state index contributed by atoms with van der Waals surface area (Å²) in [6.07, 6.45) is -1.30. The van der Waals surface area contributed by atoms with Crippen molar-refractivity contribution < 1.29 is 44.9 Å². The van der Waals surface area contributed by atoms with Crippen molar-refractivity contribution in [2.45, 2.75) is 149 Å². The van der Waals surface area contributed by atoms with Crippen molar-refractivity contribution in [2.24, 2.45) is 45.3 Å². The van der Waals surface area contributed by atoms with Crippen LogP contribution in [-0.4, -0.2) is 86.1 Å². The lowest BCUT2D eigenvalue weighted by molar-refractivity contribution is -0.313. The van der Waals surface area contributed by atoms with E-state index in [4.69, 9.17) is 9.47 Å². The largest absolute Gasteiger partial charge is 0.481 e. The number of rotatable bonds is 9. The zero-order chi connectivity index (χ0) is 34.1. The first-order valence-electron chi connectivity index (χ1n) is 17.6. The number of carboxylic acid groups (broad SMARTS) is 1. The van der Waals surface area contributed by atoms with Gasteiger partial charge >= 0.3 is 5.97 Å². The standard InChI is InChI=1S/C37H60O9/c1-19(2)20(3)9-10-21(32(43)44)22-11-16-37(8)28-23(12-15-36(22,37)7)35(6)14-13-27(39)34(4,5)26(35)17-24(28)45-33-31(42)30(41)29(40)25(18-38)46-33/h19,21-22,24-27,29-31,33,38-42H,3,9-18H2,1-2,4-8H3,(H,43,44)/t21-,22-,24-,25-,26+,27+,29-,30+,31-,33-,35-,36-,37+/m1/s1. The first kappa shape index (κ1) is 36.0. The lowest BCUT2D eigenvalue weighted by atomic mass is 9.42. The van der Waals surface area contributed by atoms with E-state index in [-0.39, 0.29) is 28.1 Å². The molecule has 262 valence electrons. The van der Waals surface area contributed by atoms with E-state index in [1.54, 1.807) is 0 Å². The second-order valence-electron chi connectivity index (χ2n) is 17.0. The van der Waals surface area contributed by atoms with Crippen molar-refractivity contribution >= 4 is 5.97 Å². The van der Waals surface area contributed by atoms with Gasteiger partial charge in [0.1, 0.15) is 24.4 Å². The molecular weight excluding hydrogens is 588 g/mol. The zero-order valence-electron chi connectivity index (χ0n) is 29.0. The number of aliphatic hydroxyl groups excluding tert-OH is 5. The quantitative estimate of drug-likeness (QED) is 0.197. The molecule has 0 amide bonds. The van der Waals surface area contributed by atoms with Crippen LogP contribution in [0.2, 0.25) is 0 Å². The Morgan fingerprint density at radius 2 is 1.67 bits per heavy atom. The predicted molar refractivity (Wildman–Crippen MR) is 173 cm³/mol. The fourth-order valence-electron chi connectivity index (χ4n) is 10.9. The van der Waals surface area contributed by atoms with E-state index in [9.17, 15) is 35.4 Å². The summed E-state index contributed by atoms with van der Waals surface area (Å²) in [5, 5.41) is 63.7. The number of carboxylic acids is 1. The maximum atomic E-state index is 12.9. The predicted octanol–water partition coefficient (Wildman–Crippen LogP) is 4.58. The van der Waals surface area contributed by atoms with Gasteiger partial charge in [-0.3, -0.25) is 4.79 Å². The molecular formula is C37H60O9. The lowest BCUT2D eigenvalue weighted by Gasteiger charge is -2.63. The summed E-state index contributed by atoms with van der Waals surface area (Å²) in [4.78, 5) is 12.9. The molecule has 5 aliphatic rings. The Balaban J connectivity index is 1.58. The van der Waals surface area contributed by atoms with Crippen LogP contribution in [0.5, 0.6) is 0 Å². The molecule has 0 spiro atoms. The molecule has 1 aliphatic heterocycles. The summed E-state index contributed by atoms with van der Waals surface area (Å²) in [6, 6.07) is 0. The van der Waals surface area contributed by atoms with Crippen LogP contribution in [0.4, 0.5) is 0 Å². The number of carbonyl (C=O) groups is 1. The molecule has 6 N–H and O–H groups in total. The topological polar surface area (TPSA) is 157 Å². The van der Waals surface area contributed by atoms with Gasteiger partial charge in [0.05, 0.1) is 24.7 Å². The van der Waals surface area contributed by atoms with E-state index in [1.165, 1.54) is 11.1 Å². The van der Waals surface area contributed by atoms with Crippen molar-refractivity contribution in [1.29, 1.82) is 0 Å². The average molecular weight is 649 g/mol. The normalized spacial score (nSPS) is 46.0. The molecule has 0 aromatic carbocycles. The monoisotopic (exact) mass is 648 g/mol. The van der Waals surface area contributed by atoms with Gasteiger partial charge in [0.15, 0.2) is 6.29 Å². The molecule has 3 fully saturated rings. The highest BCUT2D eigenvalue weighted by Crippen LogP contribution is 2.73. The summed E-state index contributed by atoms with van der Waals surface area (Å²) in [5.41, 5.74) is 2.28. The van der Waals surface area contributed by atoms with Crippen molar-refractivity contribution in [1.82, 2.24) is 0 Å². The van der Waals surface area contributed by atoms with Gasteiger partial charge in [0.25, 0.3) is 0 Å². The minimum absolute atomic E-state index is 0.0351. The Morgan fingerprint density at radius 1 is 1.00 bits per heavy atom. The number of hydrogen-bond acceptors (Lipinski definition) is 8. The molecule has 1 saturated heterocycles. The Bertz CT molecular complexity index is 1210. The molecule has 0 unspecified atom stereocenters. The second-order valence-corrected chi connectivity index (χ2v) is 17.0. The molecule has 9 nitrogen and oxygen atoms in total. The van der Waals surface area contributed by atoms with Crippen LogP contribution >= 0.6 is 0 Å². The van der Waals surface area contributed by atoms with Crippen LogP contribution in [0.25, 0.3) is 0 Å². The number of allylic oxidation sites excluding steroid dienone is 2. The van der Waals surface area contributed by atoms with Crippen molar-refractivity contribution in [2.75, 3.05) is 6.61 Å². The molecule has 4 aliphatic carbocycles. The number of fused-ring (bicyclic) bond motifs is 4. The summed E-state index contributed by atoms with van der Waals surface area (Å²) in [7, 11) is 0. The van der Waals surface area contributed by atoms with Gasteiger partial charge in [0.2, 0.25) is 0 Å². The van der Waals surface area contributed by atoms with Crippen LogP contribution < -0.4 is 0 Å². The van der Waals surface area contributed by atoms with Gasteiger partial charge in [-0.15, -0.1) is 0 Å². The summed E-state index contributed by atoms with van der Waals surface area (Å²) >= 11 is 0. The molecule has 1 heterocycles. The SMILES string of the molecule is C=C(CC[C@@H](C(=O)O)[C@H]1CC[C@@]2(C)C3=C(CC[C@]12C)[C@@]1(C)CC[C@H](O)C(C)(C)[C@@H]1C[C@H]3O[C@@H]1O[C@H](CO)[C@@H](O)[C@H](O)[C@H]1O)C(C)C. The number of hydrogen-bond donors (Lipinski definition) is 6. The first-order chi connectivity index (χ1) is 21.3. The number of aliphatic carboxylic acids is 1. The van der Waals surface area contributed by atoms with Crippen LogP contribution in [0.1, 0.15) is 106 Å². The van der Waals surface area contributed by atoms with Gasteiger partial charge in [-0.05, 0) is 103 Å². The lowest BCUT2D eigenvalue weighted by Crippen LogP contribution is -2.62. The van der Waals surface area contributed by atoms with E-state index < -0.39 is 66.8 Å². The van der Waals surface area contributed by atoms with Crippen LogP contribution in [0, 0.1) is 45.3 Å². The van der Waals surface area contributed by atoms with Crippen LogP contribution in [-0.2, 0) is 14.3 Å². The van der Waals surface area contributed by atoms with Crippen LogP contribution in [0.3, 0.4) is 0 Å². The molecule has 0 aromatic rings. The number of ether oxygens (including phenoxy) is 2. The minimum Gasteiger partial charge on any atom is -0.481 e. The van der Waals surface area contributed by atoms with Gasteiger partial charge in [0, 0.05) is 0 Å². The van der Waals surface area contributed by atoms with Crippen molar-refractivity contribution in [3.8, 4) is 0 Å². The fraction of sp³-hybridized carbons (Fsp3) is 0.865. The second kappa shape index (κ2) is 12.5. The van der Waals surface area contributed by atoms with E-state index in [2.05, 4.69) is 55.0 Å². The molecule has 2 saturated carbocycles. The maximum absolute atomic E-state index is 12.9. The zero-order valence-corrected chi connectivity index (χ0v) is 29.0. The van der Waals surface area contributed by atoms with Crippen LogP contribution in [0.15, 0.2) is 23.3 Å². The van der Waals surface area contributed by atoms with E-state index >= 15 is 0 Å². The summed E-state index contributed by atoms with van der Waals surface area (Å²) in [5.74, 6) is -0.913. The van der Waals surface area contributed by atoms with Crippen molar-refractivity contribution in [3.05, 3.63) is 23.3 Å². The Morgan fingerprint density at radius 3 is 2.28 bits per heavy atom. The molecule has 9 heteroatoms. The Hall–Kier alpha value is -1.33. The summed E-state index contributed by atoms with van der Waals surface area (Å²) in [6.45, 7) is 19.0. The summed E-state index contributed by atoms with van der Waals surface area (Å²) < 4.78 is 12.6. The van der Waals surface area contributed by atoms with Gasteiger partial charge in [-0.2, -0.15) is 0 Å². The first-order valence-corrected chi connectivity index (χ1v) is 17.6. The molecule has 0 aromatic heterocycles.